The first-order valence-corrected chi connectivity index (χ1v) is 8.75. The third-order valence-corrected chi connectivity index (χ3v) is 5.12. The quantitative estimate of drug-likeness (QED) is 0.813. The zero-order chi connectivity index (χ0) is 14.5. The van der Waals surface area contributed by atoms with E-state index in [1.165, 1.54) is 56.3 Å². The van der Waals surface area contributed by atoms with E-state index in [4.69, 9.17) is 0 Å². The minimum atomic E-state index is 0.839. The Morgan fingerprint density at radius 2 is 2.14 bits per heavy atom. The Morgan fingerprint density at radius 3 is 2.95 bits per heavy atom. The van der Waals surface area contributed by atoms with E-state index >= 15 is 0 Å². The molecule has 3 heteroatoms. The fourth-order valence-corrected chi connectivity index (χ4v) is 4.02. The lowest BCUT2D eigenvalue weighted by Gasteiger charge is -2.37. The molecule has 0 amide bonds. The Morgan fingerprint density at radius 1 is 1.24 bits per heavy atom. The van der Waals surface area contributed by atoms with Gasteiger partial charge in [-0.1, -0.05) is 19.4 Å². The van der Waals surface area contributed by atoms with Crippen LogP contribution in [0.25, 0.3) is 0 Å². The van der Waals surface area contributed by atoms with Crippen molar-refractivity contribution in [2.24, 2.45) is 5.92 Å². The second kappa shape index (κ2) is 7.37. The van der Waals surface area contributed by atoms with Gasteiger partial charge in [0.2, 0.25) is 0 Å². The number of hydrogen-bond donors (Lipinski definition) is 1. The van der Waals surface area contributed by atoms with Crippen molar-refractivity contribution >= 4 is 0 Å². The van der Waals surface area contributed by atoms with Crippen LogP contribution < -0.4 is 5.32 Å². The number of nitrogens with one attached hydrogen (secondary N) is 1. The van der Waals surface area contributed by atoms with Crippen LogP contribution in [-0.4, -0.2) is 29.0 Å². The number of nitrogens with zero attached hydrogens (tertiary/aromatic N) is 2. The summed E-state index contributed by atoms with van der Waals surface area (Å²) in [5.74, 6) is 0.969. The van der Waals surface area contributed by atoms with Crippen molar-refractivity contribution in [3.05, 3.63) is 29.6 Å². The summed E-state index contributed by atoms with van der Waals surface area (Å²) in [5, 5.41) is 3.43. The average Bonchev–Trinajstić information content (AvgIpc) is 2.99. The molecular formula is C18H29N3. The van der Waals surface area contributed by atoms with Crippen molar-refractivity contribution in [1.82, 2.24) is 15.2 Å². The summed E-state index contributed by atoms with van der Waals surface area (Å²) in [6.45, 7) is 6.53. The number of hydrogen-bond acceptors (Lipinski definition) is 3. The summed E-state index contributed by atoms with van der Waals surface area (Å²) in [6, 6.07) is 5.30. The monoisotopic (exact) mass is 287 g/mol. The van der Waals surface area contributed by atoms with Crippen molar-refractivity contribution in [3.63, 3.8) is 0 Å². The van der Waals surface area contributed by atoms with Gasteiger partial charge in [-0.25, -0.2) is 0 Å². The van der Waals surface area contributed by atoms with Crippen LogP contribution in [0.15, 0.2) is 18.3 Å². The molecule has 0 bridgehead atoms. The van der Waals surface area contributed by atoms with Gasteiger partial charge in [-0.15, -0.1) is 0 Å². The Hall–Kier alpha value is -0.930. The molecule has 0 radical (unpaired) electrons. The molecule has 1 aromatic heterocycles. The van der Waals surface area contributed by atoms with Crippen LogP contribution >= 0.6 is 0 Å². The van der Waals surface area contributed by atoms with E-state index in [0.717, 1.165) is 31.6 Å². The summed E-state index contributed by atoms with van der Waals surface area (Å²) in [6.07, 6.45) is 10.4. The van der Waals surface area contributed by atoms with Crippen LogP contribution in [0.4, 0.5) is 0 Å². The number of aromatic nitrogens is 1. The number of likely N-dealkylation sites (tertiary alicyclic amines) is 1. The molecule has 1 saturated carbocycles. The lowest BCUT2D eigenvalue weighted by atomic mass is 9.92. The minimum absolute atomic E-state index is 0.839. The van der Waals surface area contributed by atoms with Crippen molar-refractivity contribution in [2.75, 3.05) is 13.1 Å². The summed E-state index contributed by atoms with van der Waals surface area (Å²) in [4.78, 5) is 7.38. The standard InChI is InChI=1S/C18H29N3/c1-2-10-19-12-15-8-9-17(20-13-15)14-21-11-4-6-16-5-3-7-18(16)21/h8-9,13,16,18-19H,2-7,10-12,14H2,1H3. The molecule has 116 valence electrons. The van der Waals surface area contributed by atoms with Gasteiger partial charge in [0, 0.05) is 25.3 Å². The maximum Gasteiger partial charge on any atom is 0.0544 e. The summed E-state index contributed by atoms with van der Waals surface area (Å²) < 4.78 is 0. The summed E-state index contributed by atoms with van der Waals surface area (Å²) >= 11 is 0. The van der Waals surface area contributed by atoms with Crippen LogP contribution in [0.5, 0.6) is 0 Å². The smallest absolute Gasteiger partial charge is 0.0544 e. The lowest BCUT2D eigenvalue weighted by molar-refractivity contribution is 0.104. The van der Waals surface area contributed by atoms with Crippen LogP contribution in [0.3, 0.4) is 0 Å². The van der Waals surface area contributed by atoms with Gasteiger partial charge in [-0.05, 0) is 62.7 Å². The largest absolute Gasteiger partial charge is 0.313 e. The lowest BCUT2D eigenvalue weighted by Crippen LogP contribution is -2.42. The molecule has 1 aliphatic carbocycles. The number of rotatable bonds is 6. The molecule has 0 spiro atoms. The SMILES string of the molecule is CCCNCc1ccc(CN2CCCC3CCCC32)nc1. The van der Waals surface area contributed by atoms with Gasteiger partial charge in [0.05, 0.1) is 5.69 Å². The van der Waals surface area contributed by atoms with Crippen LogP contribution in [-0.2, 0) is 13.1 Å². The molecule has 1 aromatic rings. The number of fused-ring (bicyclic) bond motifs is 1. The third-order valence-electron chi connectivity index (χ3n) is 5.12. The molecule has 2 fully saturated rings. The average molecular weight is 287 g/mol. The zero-order valence-electron chi connectivity index (χ0n) is 13.4. The third kappa shape index (κ3) is 3.83. The highest BCUT2D eigenvalue weighted by atomic mass is 15.2. The predicted octanol–water partition coefficient (Wildman–Crippen LogP) is 3.35. The topological polar surface area (TPSA) is 28.2 Å². The highest BCUT2D eigenvalue weighted by Gasteiger charge is 2.34. The molecular weight excluding hydrogens is 258 g/mol. The molecule has 2 unspecified atom stereocenters. The molecule has 1 N–H and O–H groups in total. The van der Waals surface area contributed by atoms with Gasteiger partial charge in [-0.2, -0.15) is 0 Å². The van der Waals surface area contributed by atoms with E-state index in [1.807, 2.05) is 6.20 Å². The highest BCUT2D eigenvalue weighted by Crippen LogP contribution is 2.37. The molecule has 21 heavy (non-hydrogen) atoms. The molecule has 2 atom stereocenters. The predicted molar refractivity (Wildman–Crippen MR) is 87.0 cm³/mol. The number of pyridine rings is 1. The van der Waals surface area contributed by atoms with Gasteiger partial charge >= 0.3 is 0 Å². The van der Waals surface area contributed by atoms with Gasteiger partial charge in [0.1, 0.15) is 0 Å². The van der Waals surface area contributed by atoms with Crippen molar-refractivity contribution in [1.29, 1.82) is 0 Å². The normalized spacial score (nSPS) is 26.0. The zero-order valence-corrected chi connectivity index (χ0v) is 13.4. The van der Waals surface area contributed by atoms with E-state index in [9.17, 15) is 0 Å². The van der Waals surface area contributed by atoms with Crippen molar-refractivity contribution in [2.45, 2.75) is 64.6 Å². The molecule has 0 aromatic carbocycles. The molecule has 3 rings (SSSR count). The number of piperidine rings is 1. The Labute approximate surface area is 129 Å². The van der Waals surface area contributed by atoms with E-state index < -0.39 is 0 Å². The first-order chi connectivity index (χ1) is 10.4. The fourth-order valence-electron chi connectivity index (χ4n) is 4.02. The molecule has 1 saturated heterocycles. The molecule has 2 heterocycles. The summed E-state index contributed by atoms with van der Waals surface area (Å²) in [5.41, 5.74) is 2.53. The Kier molecular flexibility index (Phi) is 5.26. The minimum Gasteiger partial charge on any atom is -0.313 e. The first kappa shape index (κ1) is 15.0. The first-order valence-electron chi connectivity index (χ1n) is 8.75. The maximum absolute atomic E-state index is 4.68. The van der Waals surface area contributed by atoms with E-state index in [0.29, 0.717) is 0 Å². The second-order valence-electron chi connectivity index (χ2n) is 6.71. The Balaban J connectivity index is 1.54. The van der Waals surface area contributed by atoms with Crippen molar-refractivity contribution < 1.29 is 0 Å². The van der Waals surface area contributed by atoms with Gasteiger partial charge < -0.3 is 5.32 Å². The summed E-state index contributed by atoms with van der Waals surface area (Å²) in [7, 11) is 0. The molecule has 2 aliphatic rings. The Bertz CT molecular complexity index is 429. The van der Waals surface area contributed by atoms with Gasteiger partial charge in [0.25, 0.3) is 0 Å². The molecule has 1 aliphatic heterocycles. The van der Waals surface area contributed by atoms with Crippen LogP contribution in [0.2, 0.25) is 0 Å². The fraction of sp³-hybridized carbons (Fsp3) is 0.722. The maximum atomic E-state index is 4.68. The van der Waals surface area contributed by atoms with E-state index in [-0.39, 0.29) is 0 Å². The highest BCUT2D eigenvalue weighted by molar-refractivity contribution is 5.14. The second-order valence-corrected chi connectivity index (χ2v) is 6.71. The van der Waals surface area contributed by atoms with E-state index in [1.54, 1.807) is 0 Å². The van der Waals surface area contributed by atoms with Crippen LogP contribution in [0.1, 0.15) is 56.7 Å². The van der Waals surface area contributed by atoms with Crippen LogP contribution in [0, 0.1) is 5.92 Å². The molecule has 3 nitrogen and oxygen atoms in total. The van der Waals surface area contributed by atoms with Crippen molar-refractivity contribution in [3.8, 4) is 0 Å². The van der Waals surface area contributed by atoms with Gasteiger partial charge in [-0.3, -0.25) is 9.88 Å². The van der Waals surface area contributed by atoms with E-state index in [2.05, 4.69) is 34.3 Å². The van der Waals surface area contributed by atoms with Gasteiger partial charge in [0.15, 0.2) is 0 Å².